The lowest BCUT2D eigenvalue weighted by atomic mass is 9.98. The number of unbranched alkanes of at least 4 members (excludes halogenated alkanes) is 1. The Morgan fingerprint density at radius 1 is 1.35 bits per heavy atom. The van der Waals surface area contributed by atoms with E-state index >= 15 is 0 Å². The minimum absolute atomic E-state index is 0.0156. The maximum atomic E-state index is 12.9. The van der Waals surface area contributed by atoms with Gasteiger partial charge in [-0.1, -0.05) is 6.42 Å². The highest BCUT2D eigenvalue weighted by Crippen LogP contribution is 2.30. The quantitative estimate of drug-likeness (QED) is 0.587. The first-order valence-electron chi connectivity index (χ1n) is 9.11. The highest BCUT2D eigenvalue weighted by molar-refractivity contribution is 7.20. The fraction of sp³-hybridized carbons (Fsp3) is 0.579. The summed E-state index contributed by atoms with van der Waals surface area (Å²) < 4.78 is 7.26. The molecule has 3 rings (SSSR count). The number of carbonyl (C=O) groups is 1. The third-order valence-electron chi connectivity index (χ3n) is 4.92. The van der Waals surface area contributed by atoms with Crippen molar-refractivity contribution in [2.24, 2.45) is 0 Å². The van der Waals surface area contributed by atoms with Crippen LogP contribution in [0.2, 0.25) is 0 Å². The molecular formula is C19H23N3O3S. The Morgan fingerprint density at radius 3 is 2.77 bits per heavy atom. The molecule has 1 saturated carbocycles. The number of aryl methyl sites for hydroxylation is 2. The van der Waals surface area contributed by atoms with Crippen molar-refractivity contribution in [2.45, 2.75) is 71.4 Å². The Labute approximate surface area is 156 Å². The lowest BCUT2D eigenvalue weighted by Gasteiger charge is -2.21. The predicted molar refractivity (Wildman–Crippen MR) is 100 cm³/mol. The summed E-state index contributed by atoms with van der Waals surface area (Å²) in [6, 6.07) is 2.09. The van der Waals surface area contributed by atoms with E-state index in [1.165, 1.54) is 17.8 Å². The van der Waals surface area contributed by atoms with Crippen molar-refractivity contribution >= 4 is 27.5 Å². The standard InChI is InChI=1S/C19H23N3O3S/c1-12-15-17(21-13(2)22(18(15)23)11-7-6-10-20)26-16(12)19(24)25-14-8-4-3-5-9-14/h14H,3-9,11H2,1-2H3. The van der Waals surface area contributed by atoms with Gasteiger partial charge < -0.3 is 4.74 Å². The third kappa shape index (κ3) is 3.65. The van der Waals surface area contributed by atoms with Crippen LogP contribution in [0, 0.1) is 25.2 Å². The van der Waals surface area contributed by atoms with Gasteiger partial charge in [0.05, 0.1) is 11.5 Å². The molecule has 26 heavy (non-hydrogen) atoms. The van der Waals surface area contributed by atoms with Crippen molar-refractivity contribution in [3.8, 4) is 6.07 Å². The number of esters is 1. The minimum Gasteiger partial charge on any atom is -0.458 e. The van der Waals surface area contributed by atoms with Gasteiger partial charge in [0.1, 0.15) is 21.6 Å². The zero-order valence-corrected chi connectivity index (χ0v) is 16.0. The van der Waals surface area contributed by atoms with E-state index in [9.17, 15) is 9.59 Å². The van der Waals surface area contributed by atoms with Gasteiger partial charge in [0.15, 0.2) is 0 Å². The zero-order chi connectivity index (χ0) is 18.7. The summed E-state index contributed by atoms with van der Waals surface area (Å²) in [5, 5.41) is 9.19. The van der Waals surface area contributed by atoms with Crippen LogP contribution in [-0.2, 0) is 11.3 Å². The van der Waals surface area contributed by atoms with Gasteiger partial charge >= 0.3 is 5.97 Å². The SMILES string of the molecule is Cc1c(C(=O)OC2CCCCC2)sc2nc(C)n(CCCC#N)c(=O)c12. The Bertz CT molecular complexity index is 917. The van der Waals surface area contributed by atoms with Gasteiger partial charge in [-0.05, 0) is 51.5 Å². The number of nitriles is 1. The van der Waals surface area contributed by atoms with Crippen molar-refractivity contribution < 1.29 is 9.53 Å². The zero-order valence-electron chi connectivity index (χ0n) is 15.2. The number of aromatic nitrogens is 2. The normalized spacial score (nSPS) is 15.1. The molecule has 0 N–H and O–H groups in total. The van der Waals surface area contributed by atoms with Crippen LogP contribution >= 0.6 is 11.3 Å². The van der Waals surface area contributed by atoms with Gasteiger partial charge in [0.2, 0.25) is 0 Å². The van der Waals surface area contributed by atoms with Crippen molar-refractivity contribution in [3.63, 3.8) is 0 Å². The summed E-state index contributed by atoms with van der Waals surface area (Å²) >= 11 is 1.23. The second-order valence-corrected chi connectivity index (χ2v) is 7.78. The first kappa shape index (κ1) is 18.6. The summed E-state index contributed by atoms with van der Waals surface area (Å²) in [6.45, 7) is 4.02. The molecule has 138 valence electrons. The van der Waals surface area contributed by atoms with Crippen LogP contribution < -0.4 is 5.56 Å². The molecule has 0 spiro atoms. The fourth-order valence-electron chi connectivity index (χ4n) is 3.48. The Hall–Kier alpha value is -2.20. The maximum absolute atomic E-state index is 12.9. The Morgan fingerprint density at radius 2 is 2.08 bits per heavy atom. The molecule has 7 heteroatoms. The molecule has 2 aromatic rings. The number of fused-ring (bicyclic) bond motifs is 1. The van der Waals surface area contributed by atoms with E-state index in [0.29, 0.717) is 45.9 Å². The molecule has 0 atom stereocenters. The van der Waals surface area contributed by atoms with Crippen molar-refractivity contribution in [1.82, 2.24) is 9.55 Å². The average Bonchev–Trinajstić information content (AvgIpc) is 2.95. The van der Waals surface area contributed by atoms with Crippen molar-refractivity contribution in [3.05, 3.63) is 26.6 Å². The van der Waals surface area contributed by atoms with Gasteiger partial charge in [0.25, 0.3) is 5.56 Å². The van der Waals surface area contributed by atoms with Crippen LogP contribution in [0.4, 0.5) is 0 Å². The lowest BCUT2D eigenvalue weighted by Crippen LogP contribution is -2.24. The summed E-state index contributed by atoms with van der Waals surface area (Å²) in [5.41, 5.74) is 0.508. The van der Waals surface area contributed by atoms with Crippen molar-refractivity contribution in [2.75, 3.05) is 0 Å². The molecule has 1 aliphatic carbocycles. The van der Waals surface area contributed by atoms with E-state index in [4.69, 9.17) is 10.00 Å². The molecule has 0 aromatic carbocycles. The van der Waals surface area contributed by atoms with E-state index in [-0.39, 0.29) is 17.6 Å². The topological polar surface area (TPSA) is 85.0 Å². The number of nitrogens with zero attached hydrogens (tertiary/aromatic N) is 3. The summed E-state index contributed by atoms with van der Waals surface area (Å²) in [4.78, 5) is 31.1. The highest BCUT2D eigenvalue weighted by atomic mass is 32.1. The average molecular weight is 373 g/mol. The molecule has 0 unspecified atom stereocenters. The second-order valence-electron chi connectivity index (χ2n) is 6.78. The van der Waals surface area contributed by atoms with Crippen LogP contribution in [0.25, 0.3) is 10.2 Å². The maximum Gasteiger partial charge on any atom is 0.348 e. The van der Waals surface area contributed by atoms with Gasteiger partial charge in [-0.25, -0.2) is 9.78 Å². The molecule has 2 aromatic heterocycles. The molecule has 0 bridgehead atoms. The fourth-order valence-corrected chi connectivity index (χ4v) is 4.58. The van der Waals surface area contributed by atoms with Gasteiger partial charge in [-0.2, -0.15) is 5.26 Å². The molecule has 6 nitrogen and oxygen atoms in total. The number of rotatable bonds is 5. The van der Waals surface area contributed by atoms with Crippen LogP contribution in [-0.4, -0.2) is 21.6 Å². The van der Waals surface area contributed by atoms with E-state index in [1.54, 1.807) is 18.4 Å². The summed E-state index contributed by atoms with van der Waals surface area (Å²) in [5.74, 6) is 0.263. The molecule has 1 fully saturated rings. The molecule has 0 saturated heterocycles. The minimum atomic E-state index is -0.342. The lowest BCUT2D eigenvalue weighted by molar-refractivity contribution is 0.0216. The first-order valence-corrected chi connectivity index (χ1v) is 9.93. The molecule has 0 amide bonds. The predicted octanol–water partition coefficient (Wildman–Crippen LogP) is 3.87. The van der Waals surface area contributed by atoms with E-state index in [2.05, 4.69) is 11.1 Å². The third-order valence-corrected chi connectivity index (χ3v) is 6.09. The number of ether oxygens (including phenoxy) is 1. The number of hydrogen-bond donors (Lipinski definition) is 0. The van der Waals surface area contributed by atoms with Gasteiger partial charge in [0, 0.05) is 13.0 Å². The van der Waals surface area contributed by atoms with E-state index in [1.807, 2.05) is 0 Å². The van der Waals surface area contributed by atoms with Crippen LogP contribution in [0.3, 0.4) is 0 Å². The number of carbonyl (C=O) groups excluding carboxylic acids is 1. The first-order chi connectivity index (χ1) is 12.5. The van der Waals surface area contributed by atoms with Crippen molar-refractivity contribution in [1.29, 1.82) is 5.26 Å². The van der Waals surface area contributed by atoms with Crippen LogP contribution in [0.5, 0.6) is 0 Å². The van der Waals surface area contributed by atoms with Crippen LogP contribution in [0.1, 0.15) is 66.0 Å². The molecule has 0 aliphatic heterocycles. The molecule has 1 aliphatic rings. The molecule has 2 heterocycles. The summed E-state index contributed by atoms with van der Waals surface area (Å²) in [7, 11) is 0. The Balaban J connectivity index is 1.92. The second kappa shape index (κ2) is 8.00. The highest BCUT2D eigenvalue weighted by Gasteiger charge is 2.24. The van der Waals surface area contributed by atoms with Crippen LogP contribution in [0.15, 0.2) is 4.79 Å². The van der Waals surface area contributed by atoms with E-state index < -0.39 is 0 Å². The largest absolute Gasteiger partial charge is 0.458 e. The van der Waals surface area contributed by atoms with Gasteiger partial charge in [-0.15, -0.1) is 11.3 Å². The van der Waals surface area contributed by atoms with E-state index in [0.717, 1.165) is 25.7 Å². The summed E-state index contributed by atoms with van der Waals surface area (Å²) in [6.07, 6.45) is 6.20. The molecule has 0 radical (unpaired) electrons. The molecular weight excluding hydrogens is 350 g/mol. The number of thiophene rings is 1. The Kier molecular flexibility index (Phi) is 5.72. The monoisotopic (exact) mass is 373 g/mol. The smallest absolute Gasteiger partial charge is 0.348 e. The van der Waals surface area contributed by atoms with Gasteiger partial charge in [-0.3, -0.25) is 9.36 Å². The number of hydrogen-bond acceptors (Lipinski definition) is 6.